The summed E-state index contributed by atoms with van der Waals surface area (Å²) in [4.78, 5) is 0.484. The molecule has 0 radical (unpaired) electrons. The van der Waals surface area contributed by atoms with E-state index < -0.39 is 10.0 Å². The smallest absolute Gasteiger partial charge is 0.207 e. The average molecular weight is 303 g/mol. The second kappa shape index (κ2) is 5.43. The summed E-state index contributed by atoms with van der Waals surface area (Å²) >= 11 is 0. The second-order valence-electron chi connectivity index (χ2n) is 5.96. The zero-order valence-corrected chi connectivity index (χ0v) is 13.4. The van der Waals surface area contributed by atoms with Crippen LogP contribution in [-0.2, 0) is 10.0 Å². The van der Waals surface area contributed by atoms with Crippen molar-refractivity contribution < 1.29 is 8.42 Å². The second-order valence-corrected chi connectivity index (χ2v) is 7.87. The number of hydrogen-bond acceptors (Lipinski definition) is 2. The molecule has 1 aliphatic rings. The fourth-order valence-corrected chi connectivity index (χ4v) is 5.04. The summed E-state index contributed by atoms with van der Waals surface area (Å²) in [5, 5.41) is 2.15. The molecular formula is C17H21NO2S. The van der Waals surface area contributed by atoms with Crippen LogP contribution in [0.5, 0.6) is 0 Å². The first-order chi connectivity index (χ1) is 10.0. The SMILES string of the molecule is CC(C)c1c(S(=O)(=O)N2CCCC2)ccc2ccccc12. The first kappa shape index (κ1) is 14.5. The van der Waals surface area contributed by atoms with Crippen LogP contribution in [0.1, 0.15) is 38.2 Å². The van der Waals surface area contributed by atoms with E-state index in [-0.39, 0.29) is 5.92 Å². The summed E-state index contributed by atoms with van der Waals surface area (Å²) in [5.41, 5.74) is 0.944. The molecule has 21 heavy (non-hydrogen) atoms. The van der Waals surface area contributed by atoms with E-state index in [1.54, 1.807) is 10.4 Å². The van der Waals surface area contributed by atoms with Gasteiger partial charge < -0.3 is 0 Å². The van der Waals surface area contributed by atoms with Crippen molar-refractivity contribution in [3.63, 3.8) is 0 Å². The van der Waals surface area contributed by atoms with Crippen molar-refractivity contribution in [2.24, 2.45) is 0 Å². The molecule has 0 atom stereocenters. The van der Waals surface area contributed by atoms with Crippen LogP contribution in [0.2, 0.25) is 0 Å². The summed E-state index contributed by atoms with van der Waals surface area (Å²) in [6, 6.07) is 11.7. The molecule has 0 aromatic heterocycles. The van der Waals surface area contributed by atoms with E-state index in [1.165, 1.54) is 0 Å². The molecule has 0 amide bonds. The molecule has 0 unspecified atom stereocenters. The summed E-state index contributed by atoms with van der Waals surface area (Å²) in [5.74, 6) is 0.170. The Labute approximate surface area is 126 Å². The van der Waals surface area contributed by atoms with Gasteiger partial charge in [-0.1, -0.05) is 44.2 Å². The van der Waals surface area contributed by atoms with Crippen molar-refractivity contribution >= 4 is 20.8 Å². The van der Waals surface area contributed by atoms with Gasteiger partial charge in [-0.2, -0.15) is 4.31 Å². The maximum absolute atomic E-state index is 12.9. The predicted octanol–water partition coefficient (Wildman–Crippen LogP) is 3.75. The van der Waals surface area contributed by atoms with Gasteiger partial charge in [0, 0.05) is 13.1 Å². The average Bonchev–Trinajstić information content (AvgIpc) is 3.00. The van der Waals surface area contributed by atoms with Crippen molar-refractivity contribution in [1.29, 1.82) is 0 Å². The highest BCUT2D eigenvalue weighted by Crippen LogP contribution is 2.34. The molecule has 4 heteroatoms. The lowest BCUT2D eigenvalue weighted by molar-refractivity contribution is 0.476. The monoisotopic (exact) mass is 303 g/mol. The number of sulfonamides is 1. The largest absolute Gasteiger partial charge is 0.243 e. The Morgan fingerprint density at radius 2 is 1.67 bits per heavy atom. The third-order valence-corrected chi connectivity index (χ3v) is 6.15. The minimum atomic E-state index is -3.37. The summed E-state index contributed by atoms with van der Waals surface area (Å²) < 4.78 is 27.5. The number of rotatable bonds is 3. The van der Waals surface area contributed by atoms with Gasteiger partial charge in [-0.25, -0.2) is 8.42 Å². The number of fused-ring (bicyclic) bond motifs is 1. The Bertz CT molecular complexity index is 759. The number of nitrogens with zero attached hydrogens (tertiary/aromatic N) is 1. The molecule has 3 nitrogen and oxygen atoms in total. The van der Waals surface area contributed by atoms with Crippen LogP contribution in [0.25, 0.3) is 10.8 Å². The fraction of sp³-hybridized carbons (Fsp3) is 0.412. The normalized spacial score (nSPS) is 16.9. The Kier molecular flexibility index (Phi) is 3.76. The van der Waals surface area contributed by atoms with Crippen LogP contribution in [0, 0.1) is 0 Å². The number of hydrogen-bond donors (Lipinski definition) is 0. The van der Waals surface area contributed by atoms with E-state index in [1.807, 2.05) is 30.3 Å². The lowest BCUT2D eigenvalue weighted by Crippen LogP contribution is -2.28. The Balaban J connectivity index is 2.25. The van der Waals surface area contributed by atoms with Crippen LogP contribution in [0.15, 0.2) is 41.3 Å². The van der Waals surface area contributed by atoms with Gasteiger partial charge in [0.05, 0.1) is 4.90 Å². The van der Waals surface area contributed by atoms with Crippen molar-refractivity contribution in [3.05, 3.63) is 42.0 Å². The topological polar surface area (TPSA) is 37.4 Å². The molecule has 0 aliphatic carbocycles. The van der Waals surface area contributed by atoms with Gasteiger partial charge >= 0.3 is 0 Å². The van der Waals surface area contributed by atoms with Crippen LogP contribution in [-0.4, -0.2) is 25.8 Å². The summed E-state index contributed by atoms with van der Waals surface area (Å²) in [6.45, 7) is 5.41. The fourth-order valence-electron chi connectivity index (χ4n) is 3.16. The van der Waals surface area contributed by atoms with E-state index >= 15 is 0 Å². The van der Waals surface area contributed by atoms with Gasteiger partial charge in [-0.15, -0.1) is 0 Å². The lowest BCUT2D eigenvalue weighted by atomic mass is 9.96. The minimum absolute atomic E-state index is 0.170. The van der Waals surface area contributed by atoms with Crippen LogP contribution < -0.4 is 0 Å². The van der Waals surface area contributed by atoms with Crippen LogP contribution in [0.4, 0.5) is 0 Å². The molecular weight excluding hydrogens is 282 g/mol. The first-order valence-electron chi connectivity index (χ1n) is 7.53. The van der Waals surface area contributed by atoms with E-state index in [9.17, 15) is 8.42 Å². The van der Waals surface area contributed by atoms with E-state index in [4.69, 9.17) is 0 Å². The lowest BCUT2D eigenvalue weighted by Gasteiger charge is -2.21. The highest BCUT2D eigenvalue weighted by atomic mass is 32.2. The zero-order chi connectivity index (χ0) is 15.0. The first-order valence-corrected chi connectivity index (χ1v) is 8.97. The molecule has 2 aromatic carbocycles. The Morgan fingerprint density at radius 3 is 2.33 bits per heavy atom. The molecule has 1 saturated heterocycles. The maximum Gasteiger partial charge on any atom is 0.243 e. The van der Waals surface area contributed by atoms with Gasteiger partial charge in [0.25, 0.3) is 0 Å². The van der Waals surface area contributed by atoms with E-state index in [0.29, 0.717) is 18.0 Å². The third-order valence-electron chi connectivity index (χ3n) is 4.19. The maximum atomic E-state index is 12.9. The Morgan fingerprint density at radius 1 is 1.00 bits per heavy atom. The molecule has 2 aromatic rings. The van der Waals surface area contributed by atoms with Gasteiger partial charge in [-0.3, -0.25) is 0 Å². The highest BCUT2D eigenvalue weighted by Gasteiger charge is 2.30. The van der Waals surface area contributed by atoms with Crippen molar-refractivity contribution in [3.8, 4) is 0 Å². The summed E-state index contributed by atoms with van der Waals surface area (Å²) in [6.07, 6.45) is 1.92. The molecule has 0 bridgehead atoms. The van der Waals surface area contributed by atoms with Gasteiger partial charge in [0.15, 0.2) is 0 Å². The van der Waals surface area contributed by atoms with Crippen LogP contribution in [0.3, 0.4) is 0 Å². The third kappa shape index (κ3) is 2.47. The molecule has 1 heterocycles. The molecule has 3 rings (SSSR count). The zero-order valence-electron chi connectivity index (χ0n) is 12.5. The molecule has 1 fully saturated rings. The molecule has 0 N–H and O–H groups in total. The molecule has 0 spiro atoms. The van der Waals surface area contributed by atoms with E-state index in [0.717, 1.165) is 29.2 Å². The van der Waals surface area contributed by atoms with E-state index in [2.05, 4.69) is 13.8 Å². The minimum Gasteiger partial charge on any atom is -0.207 e. The van der Waals surface area contributed by atoms with Crippen LogP contribution >= 0.6 is 0 Å². The number of benzene rings is 2. The quantitative estimate of drug-likeness (QED) is 0.866. The molecule has 0 saturated carbocycles. The van der Waals surface area contributed by atoms with Gasteiger partial charge in [0.2, 0.25) is 10.0 Å². The molecule has 112 valence electrons. The highest BCUT2D eigenvalue weighted by molar-refractivity contribution is 7.89. The van der Waals surface area contributed by atoms with Gasteiger partial charge in [0.1, 0.15) is 0 Å². The summed E-state index contributed by atoms with van der Waals surface area (Å²) in [7, 11) is -3.37. The van der Waals surface area contributed by atoms with Crippen molar-refractivity contribution in [1.82, 2.24) is 4.31 Å². The Hall–Kier alpha value is -1.39. The standard InChI is InChI=1S/C17H21NO2S/c1-13(2)17-15-8-4-3-7-14(15)9-10-16(17)21(19,20)18-11-5-6-12-18/h3-4,7-10,13H,5-6,11-12H2,1-2H3. The predicted molar refractivity (Wildman–Crippen MR) is 86.0 cm³/mol. The van der Waals surface area contributed by atoms with Crippen molar-refractivity contribution in [2.45, 2.75) is 37.5 Å². The van der Waals surface area contributed by atoms with Gasteiger partial charge in [-0.05, 0) is 41.2 Å². The molecule has 1 aliphatic heterocycles. The van der Waals surface area contributed by atoms with Crippen molar-refractivity contribution in [2.75, 3.05) is 13.1 Å².